The molecule has 0 heterocycles. The lowest BCUT2D eigenvalue weighted by molar-refractivity contribution is 0.0772. The third-order valence-corrected chi connectivity index (χ3v) is 4.20. The Bertz CT molecular complexity index is 681. The van der Waals surface area contributed by atoms with Crippen molar-refractivity contribution in [3.05, 3.63) is 62.4 Å². The number of ether oxygens (including phenoxy) is 1. The molecule has 0 bridgehead atoms. The number of halogens is 3. The Hall–Kier alpha value is -1.34. The normalized spacial score (nSPS) is 10.4. The highest BCUT2D eigenvalue weighted by Gasteiger charge is 2.15. The van der Waals surface area contributed by atoms with Crippen molar-refractivity contribution in [3.63, 3.8) is 0 Å². The third-order valence-electron chi connectivity index (χ3n) is 3.03. The van der Waals surface area contributed by atoms with Crippen molar-refractivity contribution >= 4 is 40.1 Å². The molecule has 2 aromatic rings. The van der Waals surface area contributed by atoms with E-state index in [4.69, 9.17) is 16.3 Å². The van der Waals surface area contributed by atoms with Crippen LogP contribution in [0.5, 0.6) is 5.75 Å². The number of amides is 1. The van der Waals surface area contributed by atoms with Crippen LogP contribution in [0.3, 0.4) is 0 Å². The Kier molecular flexibility index (Phi) is 6.02. The van der Waals surface area contributed by atoms with Crippen LogP contribution in [-0.4, -0.2) is 31.0 Å². The summed E-state index contributed by atoms with van der Waals surface area (Å²) >= 11 is 8.02. The van der Waals surface area contributed by atoms with Gasteiger partial charge in [-0.3, -0.25) is 4.79 Å². The fourth-order valence-electron chi connectivity index (χ4n) is 1.82. The molecule has 0 atom stereocenters. The number of hydrogen-bond donors (Lipinski definition) is 0. The predicted molar refractivity (Wildman–Crippen MR) is 93.0 cm³/mol. The molecular weight excluding hydrogens is 420 g/mol. The van der Waals surface area contributed by atoms with Crippen LogP contribution < -0.4 is 4.74 Å². The van der Waals surface area contributed by atoms with Crippen molar-refractivity contribution in [1.82, 2.24) is 4.90 Å². The Morgan fingerprint density at radius 2 is 2.05 bits per heavy atom. The van der Waals surface area contributed by atoms with Crippen molar-refractivity contribution in [2.24, 2.45) is 0 Å². The highest BCUT2D eigenvalue weighted by molar-refractivity contribution is 14.1. The zero-order valence-electron chi connectivity index (χ0n) is 11.9. The van der Waals surface area contributed by atoms with E-state index in [1.165, 1.54) is 11.0 Å². The van der Waals surface area contributed by atoms with Gasteiger partial charge in [0, 0.05) is 15.6 Å². The lowest BCUT2D eigenvalue weighted by Gasteiger charge is -2.18. The summed E-state index contributed by atoms with van der Waals surface area (Å²) in [6.07, 6.45) is 0. The monoisotopic (exact) mass is 433 g/mol. The summed E-state index contributed by atoms with van der Waals surface area (Å²) in [5.74, 6) is -0.384. The Morgan fingerprint density at radius 1 is 1.32 bits per heavy atom. The predicted octanol–water partition coefficient (Wildman–Crippen LogP) is 4.23. The zero-order valence-corrected chi connectivity index (χ0v) is 14.8. The van der Waals surface area contributed by atoms with E-state index in [2.05, 4.69) is 22.6 Å². The van der Waals surface area contributed by atoms with Gasteiger partial charge in [-0.1, -0.05) is 23.7 Å². The molecule has 0 N–H and O–H groups in total. The second kappa shape index (κ2) is 7.78. The molecule has 0 aromatic heterocycles. The van der Waals surface area contributed by atoms with Gasteiger partial charge in [-0.2, -0.15) is 0 Å². The third kappa shape index (κ3) is 4.33. The molecule has 22 heavy (non-hydrogen) atoms. The van der Waals surface area contributed by atoms with Gasteiger partial charge in [0.2, 0.25) is 0 Å². The molecule has 6 heteroatoms. The molecule has 0 aliphatic heterocycles. The fraction of sp³-hybridized carbons (Fsp3) is 0.188. The van der Waals surface area contributed by atoms with E-state index in [0.717, 1.165) is 3.57 Å². The number of para-hydroxylation sites is 1. The second-order valence-corrected chi connectivity index (χ2v) is 6.23. The summed E-state index contributed by atoms with van der Waals surface area (Å²) < 4.78 is 19.6. The first-order valence-electron chi connectivity index (χ1n) is 6.57. The molecule has 2 rings (SSSR count). The van der Waals surface area contributed by atoms with Crippen LogP contribution >= 0.6 is 34.2 Å². The number of nitrogens with zero attached hydrogens (tertiary/aromatic N) is 1. The van der Waals surface area contributed by atoms with Gasteiger partial charge in [-0.05, 0) is 52.9 Å². The van der Waals surface area contributed by atoms with Crippen LogP contribution in [0, 0.1) is 9.39 Å². The first-order valence-corrected chi connectivity index (χ1v) is 8.02. The minimum Gasteiger partial charge on any atom is -0.489 e. The van der Waals surface area contributed by atoms with Crippen LogP contribution in [0.15, 0.2) is 42.5 Å². The van der Waals surface area contributed by atoms with Crippen LogP contribution in [-0.2, 0) is 0 Å². The Labute approximate surface area is 147 Å². The van der Waals surface area contributed by atoms with Crippen molar-refractivity contribution in [3.8, 4) is 5.75 Å². The molecule has 0 saturated heterocycles. The summed E-state index contributed by atoms with van der Waals surface area (Å²) in [7, 11) is 1.67. The van der Waals surface area contributed by atoms with Gasteiger partial charge in [-0.25, -0.2) is 4.39 Å². The van der Waals surface area contributed by atoms with Gasteiger partial charge in [0.05, 0.1) is 12.1 Å². The average molecular weight is 434 g/mol. The van der Waals surface area contributed by atoms with Crippen molar-refractivity contribution in [2.45, 2.75) is 0 Å². The lowest BCUT2D eigenvalue weighted by atomic mass is 10.2. The molecule has 1 amide bonds. The molecule has 0 fully saturated rings. The van der Waals surface area contributed by atoms with Crippen molar-refractivity contribution in [1.29, 1.82) is 0 Å². The molecule has 0 radical (unpaired) electrons. The van der Waals surface area contributed by atoms with Crippen molar-refractivity contribution in [2.75, 3.05) is 20.2 Å². The summed E-state index contributed by atoms with van der Waals surface area (Å²) in [6.45, 7) is 0.552. The zero-order chi connectivity index (χ0) is 16.1. The molecule has 0 aliphatic rings. The Balaban J connectivity index is 1.94. The first kappa shape index (κ1) is 17.0. The minimum atomic E-state index is -0.416. The first-order chi connectivity index (χ1) is 10.5. The van der Waals surface area contributed by atoms with Gasteiger partial charge < -0.3 is 9.64 Å². The smallest absolute Gasteiger partial charge is 0.254 e. The van der Waals surface area contributed by atoms with Gasteiger partial charge >= 0.3 is 0 Å². The molecule has 2 aromatic carbocycles. The van der Waals surface area contributed by atoms with Gasteiger partial charge in [0.1, 0.15) is 6.61 Å². The lowest BCUT2D eigenvalue weighted by Crippen LogP contribution is -2.31. The van der Waals surface area contributed by atoms with Crippen LogP contribution in [0.25, 0.3) is 0 Å². The van der Waals surface area contributed by atoms with E-state index in [9.17, 15) is 9.18 Å². The van der Waals surface area contributed by atoms with E-state index in [1.54, 1.807) is 43.4 Å². The van der Waals surface area contributed by atoms with E-state index in [0.29, 0.717) is 17.1 Å². The van der Waals surface area contributed by atoms with Gasteiger partial charge in [-0.15, -0.1) is 0 Å². The maximum atomic E-state index is 13.4. The van der Waals surface area contributed by atoms with E-state index in [1.807, 2.05) is 0 Å². The number of hydrogen-bond acceptors (Lipinski definition) is 2. The maximum absolute atomic E-state index is 13.4. The minimum absolute atomic E-state index is 0.149. The number of benzene rings is 2. The summed E-state index contributed by atoms with van der Waals surface area (Å²) in [6, 6.07) is 11.3. The summed E-state index contributed by atoms with van der Waals surface area (Å²) in [5.41, 5.74) is 0.543. The van der Waals surface area contributed by atoms with Crippen LogP contribution in [0.4, 0.5) is 4.39 Å². The van der Waals surface area contributed by atoms with Crippen molar-refractivity contribution < 1.29 is 13.9 Å². The van der Waals surface area contributed by atoms with Crippen LogP contribution in [0.1, 0.15) is 10.4 Å². The van der Waals surface area contributed by atoms with Gasteiger partial charge in [0.15, 0.2) is 11.6 Å². The molecule has 116 valence electrons. The quantitative estimate of drug-likeness (QED) is 0.660. The molecule has 0 saturated carbocycles. The molecule has 3 nitrogen and oxygen atoms in total. The number of carbonyl (C=O) groups excluding carboxylic acids is 1. The number of carbonyl (C=O) groups is 1. The summed E-state index contributed by atoms with van der Waals surface area (Å²) in [5, 5.41) is 0.514. The average Bonchev–Trinajstić information content (AvgIpc) is 2.50. The summed E-state index contributed by atoms with van der Waals surface area (Å²) in [4.78, 5) is 13.9. The molecule has 0 aliphatic carbocycles. The number of rotatable bonds is 5. The highest BCUT2D eigenvalue weighted by atomic mass is 127. The Morgan fingerprint density at radius 3 is 2.77 bits per heavy atom. The standard InChI is InChI=1S/C16H14ClFINO2/c1-20(8-9-22-15-5-3-2-4-13(15)18)16(21)12-10-11(17)6-7-14(12)19/h2-7,10H,8-9H2,1H3. The SMILES string of the molecule is CN(CCOc1ccccc1F)C(=O)c1cc(Cl)ccc1I. The van der Waals surface area contributed by atoms with E-state index >= 15 is 0 Å². The maximum Gasteiger partial charge on any atom is 0.254 e. The van der Waals surface area contributed by atoms with E-state index < -0.39 is 5.82 Å². The van der Waals surface area contributed by atoms with Crippen LogP contribution in [0.2, 0.25) is 5.02 Å². The number of likely N-dealkylation sites (N-methyl/N-ethyl adjacent to an activating group) is 1. The molecule has 0 unspecified atom stereocenters. The largest absolute Gasteiger partial charge is 0.489 e. The molecular formula is C16H14ClFINO2. The molecule has 0 spiro atoms. The fourth-order valence-corrected chi connectivity index (χ4v) is 2.56. The second-order valence-electron chi connectivity index (χ2n) is 4.63. The van der Waals surface area contributed by atoms with Gasteiger partial charge in [0.25, 0.3) is 5.91 Å². The topological polar surface area (TPSA) is 29.5 Å². The van der Waals surface area contributed by atoms with E-state index in [-0.39, 0.29) is 18.3 Å². The highest BCUT2D eigenvalue weighted by Crippen LogP contribution is 2.19.